The van der Waals surface area contributed by atoms with Crippen LogP contribution in [0.5, 0.6) is 11.5 Å². The van der Waals surface area contributed by atoms with Gasteiger partial charge in [0.05, 0.1) is 13.1 Å². The van der Waals surface area contributed by atoms with Crippen molar-refractivity contribution in [3.05, 3.63) is 59.1 Å². The largest absolute Gasteiger partial charge is 0.492 e. The molecule has 0 heterocycles. The summed E-state index contributed by atoms with van der Waals surface area (Å²) in [6.45, 7) is 3.64. The van der Waals surface area contributed by atoms with Gasteiger partial charge in [-0.15, -0.1) is 0 Å². The van der Waals surface area contributed by atoms with Crippen LogP contribution in [-0.2, 0) is 0 Å². The minimum Gasteiger partial charge on any atom is -0.492 e. The van der Waals surface area contributed by atoms with Crippen molar-refractivity contribution in [3.63, 3.8) is 0 Å². The van der Waals surface area contributed by atoms with Crippen LogP contribution in [0.4, 0.5) is 4.79 Å². The van der Waals surface area contributed by atoms with Crippen molar-refractivity contribution in [1.29, 1.82) is 0 Å². The first-order valence-corrected chi connectivity index (χ1v) is 8.11. The van der Waals surface area contributed by atoms with E-state index in [-0.39, 0.29) is 6.03 Å². The minimum absolute atomic E-state index is 0.248. The molecule has 0 saturated carbocycles. The maximum Gasteiger partial charge on any atom is 0.315 e. The highest BCUT2D eigenvalue weighted by Crippen LogP contribution is 2.15. The number of carbonyl (C=O) groups is 1. The van der Waals surface area contributed by atoms with Gasteiger partial charge in [0.25, 0.3) is 0 Å². The third kappa shape index (κ3) is 6.79. The van der Waals surface area contributed by atoms with Gasteiger partial charge in [0, 0.05) is 5.02 Å². The molecule has 5 nitrogen and oxygen atoms in total. The van der Waals surface area contributed by atoms with E-state index in [2.05, 4.69) is 10.6 Å². The first kappa shape index (κ1) is 17.9. The molecule has 0 unspecified atom stereocenters. The second kappa shape index (κ2) is 9.67. The molecule has 128 valence electrons. The fraction of sp³-hybridized carbons (Fsp3) is 0.278. The van der Waals surface area contributed by atoms with Gasteiger partial charge in [-0.25, -0.2) is 4.79 Å². The predicted octanol–water partition coefficient (Wildman–Crippen LogP) is 3.41. The summed E-state index contributed by atoms with van der Waals surface area (Å²) in [5.41, 5.74) is 1.14. The molecule has 0 aliphatic heterocycles. The summed E-state index contributed by atoms with van der Waals surface area (Å²) in [6, 6.07) is 14.6. The van der Waals surface area contributed by atoms with Gasteiger partial charge in [0.1, 0.15) is 24.7 Å². The number of carbonyl (C=O) groups excluding carboxylic acids is 1. The Kier molecular flexibility index (Phi) is 7.23. The van der Waals surface area contributed by atoms with E-state index in [1.165, 1.54) is 0 Å². The van der Waals surface area contributed by atoms with Crippen molar-refractivity contribution in [1.82, 2.24) is 10.6 Å². The molecule has 0 aliphatic rings. The summed E-state index contributed by atoms with van der Waals surface area (Å²) in [4.78, 5) is 11.6. The maximum atomic E-state index is 11.6. The van der Waals surface area contributed by atoms with E-state index in [1.54, 1.807) is 24.3 Å². The van der Waals surface area contributed by atoms with Crippen LogP contribution >= 0.6 is 11.6 Å². The van der Waals surface area contributed by atoms with Crippen molar-refractivity contribution >= 4 is 17.6 Å². The van der Waals surface area contributed by atoms with Gasteiger partial charge >= 0.3 is 6.03 Å². The van der Waals surface area contributed by atoms with Crippen LogP contribution in [0.25, 0.3) is 0 Å². The van der Waals surface area contributed by atoms with E-state index >= 15 is 0 Å². The van der Waals surface area contributed by atoms with E-state index in [0.717, 1.165) is 11.3 Å². The Morgan fingerprint density at radius 2 is 1.58 bits per heavy atom. The molecule has 0 saturated heterocycles. The SMILES string of the molecule is Cc1cccc(OCCNC(=O)NCCOc2ccc(Cl)cc2)c1. The quantitative estimate of drug-likeness (QED) is 0.719. The van der Waals surface area contributed by atoms with Gasteiger partial charge in [0.15, 0.2) is 0 Å². The molecule has 6 heteroatoms. The second-order valence-corrected chi connectivity index (χ2v) is 5.59. The fourth-order valence-corrected chi connectivity index (χ4v) is 2.09. The smallest absolute Gasteiger partial charge is 0.315 e. The molecule has 0 spiro atoms. The zero-order valence-corrected chi connectivity index (χ0v) is 14.3. The van der Waals surface area contributed by atoms with Gasteiger partial charge in [-0.3, -0.25) is 0 Å². The molecule has 0 bridgehead atoms. The predicted molar refractivity (Wildman–Crippen MR) is 95.0 cm³/mol. The molecular weight excluding hydrogens is 328 g/mol. The molecule has 2 N–H and O–H groups in total. The molecule has 0 aliphatic carbocycles. The maximum absolute atomic E-state index is 11.6. The summed E-state index contributed by atoms with van der Waals surface area (Å²) in [7, 11) is 0. The second-order valence-electron chi connectivity index (χ2n) is 5.15. The standard InChI is InChI=1S/C18H21ClN2O3/c1-14-3-2-4-17(13-14)24-12-10-21-18(22)20-9-11-23-16-7-5-15(19)6-8-16/h2-8,13H,9-12H2,1H3,(H2,20,21,22). The van der Waals surface area contributed by atoms with Gasteiger partial charge in [-0.05, 0) is 48.9 Å². The Balaban J connectivity index is 1.53. The average Bonchev–Trinajstić information content (AvgIpc) is 2.57. The van der Waals surface area contributed by atoms with E-state index in [0.29, 0.717) is 37.1 Å². The third-order valence-electron chi connectivity index (χ3n) is 3.12. The van der Waals surface area contributed by atoms with E-state index < -0.39 is 0 Å². The average molecular weight is 349 g/mol. The van der Waals surface area contributed by atoms with Crippen LogP contribution in [0.2, 0.25) is 5.02 Å². The van der Waals surface area contributed by atoms with Crippen LogP contribution in [0.15, 0.2) is 48.5 Å². The number of halogens is 1. The molecule has 0 radical (unpaired) electrons. The minimum atomic E-state index is -0.248. The topological polar surface area (TPSA) is 59.6 Å². The summed E-state index contributed by atoms with van der Waals surface area (Å²) in [5.74, 6) is 1.52. The number of amides is 2. The molecule has 2 aromatic rings. The van der Waals surface area contributed by atoms with Gasteiger partial charge in [-0.1, -0.05) is 23.7 Å². The van der Waals surface area contributed by atoms with Crippen LogP contribution < -0.4 is 20.1 Å². The first-order valence-electron chi connectivity index (χ1n) is 7.73. The number of hydrogen-bond acceptors (Lipinski definition) is 3. The summed E-state index contributed by atoms with van der Waals surface area (Å²) < 4.78 is 11.0. The number of nitrogens with one attached hydrogen (secondary N) is 2. The lowest BCUT2D eigenvalue weighted by molar-refractivity contribution is 0.232. The number of benzene rings is 2. The Labute approximate surface area is 146 Å². The first-order chi connectivity index (χ1) is 11.6. The lowest BCUT2D eigenvalue weighted by Gasteiger charge is -2.10. The fourth-order valence-electron chi connectivity index (χ4n) is 1.97. The zero-order valence-electron chi connectivity index (χ0n) is 13.5. The van der Waals surface area contributed by atoms with Gasteiger partial charge in [-0.2, -0.15) is 0 Å². The molecule has 0 fully saturated rings. The van der Waals surface area contributed by atoms with Crippen molar-refractivity contribution in [2.24, 2.45) is 0 Å². The summed E-state index contributed by atoms with van der Waals surface area (Å²) in [6.07, 6.45) is 0. The lowest BCUT2D eigenvalue weighted by Crippen LogP contribution is -2.39. The molecule has 2 rings (SSSR count). The number of hydrogen-bond donors (Lipinski definition) is 2. The van der Waals surface area contributed by atoms with Crippen LogP contribution in [-0.4, -0.2) is 32.3 Å². The van der Waals surface area contributed by atoms with Crippen LogP contribution in [0.1, 0.15) is 5.56 Å². The van der Waals surface area contributed by atoms with Gasteiger partial charge < -0.3 is 20.1 Å². The molecule has 0 aromatic heterocycles. The molecule has 0 atom stereocenters. The molecule has 2 amide bonds. The van der Waals surface area contributed by atoms with Crippen molar-refractivity contribution in [2.45, 2.75) is 6.92 Å². The van der Waals surface area contributed by atoms with Crippen molar-refractivity contribution in [2.75, 3.05) is 26.3 Å². The molecule has 2 aromatic carbocycles. The van der Waals surface area contributed by atoms with Crippen LogP contribution in [0.3, 0.4) is 0 Å². The molecular formula is C18H21ClN2O3. The highest BCUT2D eigenvalue weighted by Gasteiger charge is 2.00. The Hall–Kier alpha value is -2.40. The molecule has 24 heavy (non-hydrogen) atoms. The number of aryl methyl sites for hydroxylation is 1. The van der Waals surface area contributed by atoms with E-state index in [9.17, 15) is 4.79 Å². The number of rotatable bonds is 8. The Bertz CT molecular complexity index is 647. The highest BCUT2D eigenvalue weighted by molar-refractivity contribution is 6.30. The summed E-state index contributed by atoms with van der Waals surface area (Å²) >= 11 is 5.79. The van der Waals surface area contributed by atoms with Gasteiger partial charge in [0.2, 0.25) is 0 Å². The Morgan fingerprint density at radius 3 is 2.21 bits per heavy atom. The van der Waals surface area contributed by atoms with Crippen molar-refractivity contribution in [3.8, 4) is 11.5 Å². The van der Waals surface area contributed by atoms with E-state index in [4.69, 9.17) is 21.1 Å². The Morgan fingerprint density at radius 1 is 0.958 bits per heavy atom. The lowest BCUT2D eigenvalue weighted by atomic mass is 10.2. The normalized spacial score (nSPS) is 10.1. The number of ether oxygens (including phenoxy) is 2. The number of urea groups is 1. The summed E-state index contributed by atoms with van der Waals surface area (Å²) in [5, 5.41) is 6.10. The van der Waals surface area contributed by atoms with E-state index in [1.807, 2.05) is 31.2 Å². The highest BCUT2D eigenvalue weighted by atomic mass is 35.5. The van der Waals surface area contributed by atoms with Crippen LogP contribution in [0, 0.1) is 6.92 Å². The third-order valence-corrected chi connectivity index (χ3v) is 3.37. The van der Waals surface area contributed by atoms with Crippen molar-refractivity contribution < 1.29 is 14.3 Å². The monoisotopic (exact) mass is 348 g/mol. The zero-order chi connectivity index (χ0) is 17.2.